The maximum Gasteiger partial charge on any atom is 0.416 e. The fraction of sp³-hybridized carbons (Fsp3) is 0.333. The molecule has 4 N–H and O–H groups in total. The SMILES string of the molecule is Nc1nnc(-c2ccc(C(F)(F)F)cc2O)c2ccccc12.OC1CCCCC1. The number of halogens is 3. The Labute approximate surface area is 166 Å². The fourth-order valence-electron chi connectivity index (χ4n) is 3.31. The first-order valence-corrected chi connectivity index (χ1v) is 9.37. The van der Waals surface area contributed by atoms with Gasteiger partial charge in [-0.2, -0.15) is 13.2 Å². The topological polar surface area (TPSA) is 92.3 Å². The molecular weight excluding hydrogens is 383 g/mol. The summed E-state index contributed by atoms with van der Waals surface area (Å²) in [6, 6.07) is 9.68. The summed E-state index contributed by atoms with van der Waals surface area (Å²) in [5, 5.41) is 27.8. The number of aliphatic hydroxyl groups is 1. The summed E-state index contributed by atoms with van der Waals surface area (Å²) in [6.07, 6.45) is 1.40. The number of hydrogen-bond donors (Lipinski definition) is 3. The van der Waals surface area contributed by atoms with Crippen LogP contribution < -0.4 is 5.73 Å². The fourth-order valence-corrected chi connectivity index (χ4v) is 3.31. The number of hydrogen-bond acceptors (Lipinski definition) is 5. The number of benzene rings is 2. The third-order valence-corrected chi connectivity index (χ3v) is 4.87. The van der Waals surface area contributed by atoms with Crippen molar-refractivity contribution in [3.05, 3.63) is 48.0 Å². The van der Waals surface area contributed by atoms with Crippen LogP contribution in [0.25, 0.3) is 22.0 Å². The van der Waals surface area contributed by atoms with Gasteiger partial charge in [0.05, 0.1) is 11.7 Å². The molecule has 0 unspecified atom stereocenters. The standard InChI is InChI=1S/C15H10F3N3O.C6H12O/c16-15(17,18)8-5-6-11(12(22)7-8)13-9-3-1-2-4-10(9)14(19)21-20-13;7-6-4-2-1-3-5-6/h1-7,22H,(H2,19,21);6-7H,1-5H2. The van der Waals surface area contributed by atoms with Crippen LogP contribution in [0.2, 0.25) is 0 Å². The zero-order valence-corrected chi connectivity index (χ0v) is 15.7. The molecule has 4 rings (SSSR count). The number of aromatic hydroxyl groups is 1. The van der Waals surface area contributed by atoms with Crippen molar-refractivity contribution in [1.29, 1.82) is 0 Å². The third-order valence-electron chi connectivity index (χ3n) is 4.87. The molecule has 0 aliphatic heterocycles. The van der Waals surface area contributed by atoms with E-state index in [-0.39, 0.29) is 23.2 Å². The van der Waals surface area contributed by atoms with Gasteiger partial charge in [0.15, 0.2) is 5.82 Å². The Morgan fingerprint density at radius 1 is 0.931 bits per heavy atom. The quantitative estimate of drug-likeness (QED) is 0.535. The van der Waals surface area contributed by atoms with E-state index in [1.807, 2.05) is 0 Å². The van der Waals surface area contributed by atoms with Crippen molar-refractivity contribution in [1.82, 2.24) is 10.2 Å². The smallest absolute Gasteiger partial charge is 0.416 e. The zero-order chi connectivity index (χ0) is 21.0. The van der Waals surface area contributed by atoms with Gasteiger partial charge in [-0.25, -0.2) is 0 Å². The Morgan fingerprint density at radius 3 is 2.14 bits per heavy atom. The molecule has 0 bridgehead atoms. The van der Waals surface area contributed by atoms with Gasteiger partial charge in [0.1, 0.15) is 11.4 Å². The van der Waals surface area contributed by atoms with Gasteiger partial charge in [-0.05, 0) is 31.0 Å². The molecule has 0 amide bonds. The second-order valence-corrected chi connectivity index (χ2v) is 7.00. The summed E-state index contributed by atoms with van der Waals surface area (Å²) < 4.78 is 38.0. The van der Waals surface area contributed by atoms with Gasteiger partial charge in [-0.1, -0.05) is 43.5 Å². The molecule has 0 atom stereocenters. The minimum atomic E-state index is -4.52. The van der Waals surface area contributed by atoms with Crippen molar-refractivity contribution < 1.29 is 23.4 Å². The number of anilines is 1. The van der Waals surface area contributed by atoms with Crippen LogP contribution in [0.3, 0.4) is 0 Å². The van der Waals surface area contributed by atoms with Crippen molar-refractivity contribution in [2.45, 2.75) is 44.4 Å². The molecule has 5 nitrogen and oxygen atoms in total. The first-order valence-electron chi connectivity index (χ1n) is 9.37. The van der Waals surface area contributed by atoms with E-state index in [1.54, 1.807) is 24.3 Å². The van der Waals surface area contributed by atoms with Crippen LogP contribution in [0.4, 0.5) is 19.0 Å². The molecule has 1 saturated carbocycles. The third kappa shape index (κ3) is 4.95. The minimum absolute atomic E-state index is 0.0359. The molecule has 1 aliphatic carbocycles. The summed E-state index contributed by atoms with van der Waals surface area (Å²) in [6.45, 7) is 0. The monoisotopic (exact) mass is 405 g/mol. The summed E-state index contributed by atoms with van der Waals surface area (Å²) >= 11 is 0. The normalized spacial score (nSPS) is 15.0. The van der Waals surface area contributed by atoms with Gasteiger partial charge < -0.3 is 15.9 Å². The van der Waals surface area contributed by atoms with E-state index < -0.39 is 17.5 Å². The van der Waals surface area contributed by atoms with Crippen LogP contribution >= 0.6 is 0 Å². The average Bonchev–Trinajstić information content (AvgIpc) is 2.69. The minimum Gasteiger partial charge on any atom is -0.507 e. The molecule has 154 valence electrons. The Balaban J connectivity index is 0.000000290. The average molecular weight is 405 g/mol. The molecule has 0 spiro atoms. The molecule has 29 heavy (non-hydrogen) atoms. The number of nitrogens with zero attached hydrogens (tertiary/aromatic N) is 2. The Morgan fingerprint density at radius 2 is 1.59 bits per heavy atom. The Bertz CT molecular complexity index is 987. The predicted octanol–water partition coefficient (Wildman–Crippen LogP) is 4.91. The molecule has 3 aromatic rings. The number of fused-ring (bicyclic) bond motifs is 1. The lowest BCUT2D eigenvalue weighted by Gasteiger charge is -2.14. The van der Waals surface area contributed by atoms with Gasteiger partial charge >= 0.3 is 6.18 Å². The van der Waals surface area contributed by atoms with E-state index in [1.165, 1.54) is 25.3 Å². The lowest BCUT2D eigenvalue weighted by Crippen LogP contribution is -2.09. The van der Waals surface area contributed by atoms with E-state index in [2.05, 4.69) is 10.2 Å². The second kappa shape index (κ2) is 8.65. The van der Waals surface area contributed by atoms with Crippen LogP contribution in [-0.4, -0.2) is 26.5 Å². The molecule has 1 fully saturated rings. The highest BCUT2D eigenvalue weighted by molar-refractivity contribution is 6.00. The number of rotatable bonds is 1. The summed E-state index contributed by atoms with van der Waals surface area (Å²) in [4.78, 5) is 0. The molecular formula is C21H22F3N3O2. The molecule has 0 radical (unpaired) electrons. The number of aromatic nitrogens is 2. The van der Waals surface area contributed by atoms with Crippen molar-refractivity contribution in [2.24, 2.45) is 0 Å². The van der Waals surface area contributed by atoms with Crippen LogP contribution in [0.5, 0.6) is 5.75 Å². The Kier molecular flexibility index (Phi) is 6.22. The van der Waals surface area contributed by atoms with Gasteiger partial charge in [0.2, 0.25) is 0 Å². The number of aliphatic hydroxyl groups excluding tert-OH is 1. The van der Waals surface area contributed by atoms with Gasteiger partial charge in [0.25, 0.3) is 0 Å². The van der Waals surface area contributed by atoms with E-state index in [9.17, 15) is 18.3 Å². The number of phenols is 1. The number of alkyl halides is 3. The molecule has 2 aromatic carbocycles. The highest BCUT2D eigenvalue weighted by atomic mass is 19.4. The highest BCUT2D eigenvalue weighted by Crippen LogP contribution is 2.38. The highest BCUT2D eigenvalue weighted by Gasteiger charge is 2.31. The first kappa shape index (κ1) is 20.9. The van der Waals surface area contributed by atoms with E-state index in [4.69, 9.17) is 10.8 Å². The first-order chi connectivity index (χ1) is 13.8. The molecule has 1 aromatic heterocycles. The second-order valence-electron chi connectivity index (χ2n) is 7.00. The lowest BCUT2D eigenvalue weighted by molar-refractivity contribution is -0.137. The van der Waals surface area contributed by atoms with E-state index >= 15 is 0 Å². The van der Waals surface area contributed by atoms with Gasteiger partial charge in [-0.3, -0.25) is 0 Å². The summed E-state index contributed by atoms with van der Waals surface area (Å²) in [5.41, 5.74) is 5.25. The van der Waals surface area contributed by atoms with Crippen LogP contribution in [0.1, 0.15) is 37.7 Å². The summed E-state index contributed by atoms with van der Waals surface area (Å²) in [5.74, 6) is -0.301. The Hall–Kier alpha value is -2.87. The van der Waals surface area contributed by atoms with Gasteiger partial charge in [0, 0.05) is 16.3 Å². The molecule has 0 saturated heterocycles. The number of phenolic OH excluding ortho intramolecular Hbond substituents is 1. The largest absolute Gasteiger partial charge is 0.507 e. The van der Waals surface area contributed by atoms with Crippen molar-refractivity contribution >= 4 is 16.6 Å². The lowest BCUT2D eigenvalue weighted by atomic mass is 9.98. The molecule has 1 heterocycles. The molecule has 1 aliphatic rings. The van der Waals surface area contributed by atoms with Crippen molar-refractivity contribution in [2.75, 3.05) is 5.73 Å². The van der Waals surface area contributed by atoms with Gasteiger partial charge in [-0.15, -0.1) is 10.2 Å². The predicted molar refractivity (Wildman–Crippen MR) is 105 cm³/mol. The van der Waals surface area contributed by atoms with E-state index in [0.717, 1.165) is 18.9 Å². The molecule has 8 heteroatoms. The van der Waals surface area contributed by atoms with Crippen LogP contribution in [0, 0.1) is 0 Å². The van der Waals surface area contributed by atoms with Crippen LogP contribution in [-0.2, 0) is 6.18 Å². The van der Waals surface area contributed by atoms with Crippen molar-refractivity contribution in [3.63, 3.8) is 0 Å². The van der Waals surface area contributed by atoms with Crippen molar-refractivity contribution in [3.8, 4) is 17.0 Å². The van der Waals surface area contributed by atoms with E-state index in [0.29, 0.717) is 16.8 Å². The maximum absolute atomic E-state index is 12.7. The number of nitrogen functional groups attached to an aromatic ring is 1. The van der Waals surface area contributed by atoms with Crippen LogP contribution in [0.15, 0.2) is 42.5 Å². The number of nitrogens with two attached hydrogens (primary N) is 1. The zero-order valence-electron chi connectivity index (χ0n) is 15.7. The maximum atomic E-state index is 12.7. The summed E-state index contributed by atoms with van der Waals surface area (Å²) in [7, 11) is 0.